The number of benzene rings is 1. The molecule has 7 heteroatoms. The molecule has 2 aliphatic carbocycles. The number of carbonyl (C=O) groups excluding carboxylic acids is 3. The maximum atomic E-state index is 13.4. The number of carbonyl (C=O) groups is 3. The molecule has 0 N–H and O–H groups in total. The third kappa shape index (κ3) is 20.2. The second-order valence-electron chi connectivity index (χ2n) is 18.6. The second-order valence-corrected chi connectivity index (χ2v) is 18.6. The average Bonchev–Trinajstić information content (AvgIpc) is 3.29. The maximum absolute atomic E-state index is 13.4. The van der Waals surface area contributed by atoms with E-state index in [9.17, 15) is 14.4 Å². The summed E-state index contributed by atoms with van der Waals surface area (Å²) >= 11 is 0. The van der Waals surface area contributed by atoms with Crippen LogP contribution in [0.5, 0.6) is 0 Å². The van der Waals surface area contributed by atoms with E-state index in [0.717, 1.165) is 101 Å². The zero-order valence-electron chi connectivity index (χ0n) is 38.2. The quantitative estimate of drug-likeness (QED) is 0.0344. The second kappa shape index (κ2) is 30.9. The molecule has 1 aromatic carbocycles. The minimum absolute atomic E-state index is 0.0732. The fraction of sp³-hybridized carbons (Fsp3) is 0.755. The molecule has 0 radical (unpaired) electrons. The van der Waals surface area contributed by atoms with Crippen LogP contribution in [0.15, 0.2) is 54.6 Å². The van der Waals surface area contributed by atoms with Gasteiger partial charge in [-0.2, -0.15) is 0 Å². The van der Waals surface area contributed by atoms with Gasteiger partial charge in [-0.05, 0) is 120 Å². The van der Waals surface area contributed by atoms with Gasteiger partial charge >= 0.3 is 17.9 Å². The number of ether oxygens (including phenoxy) is 3. The number of para-hydroxylation sites is 1. The molecular formula is C53H85NO6. The van der Waals surface area contributed by atoms with Crippen molar-refractivity contribution in [1.82, 2.24) is 0 Å². The van der Waals surface area contributed by atoms with Gasteiger partial charge in [-0.15, -0.1) is 0 Å². The average molecular weight is 832 g/mol. The summed E-state index contributed by atoms with van der Waals surface area (Å²) in [7, 11) is 0. The number of anilines is 1. The van der Waals surface area contributed by atoms with E-state index in [0.29, 0.717) is 6.42 Å². The number of esters is 3. The van der Waals surface area contributed by atoms with Crippen LogP contribution in [-0.4, -0.2) is 50.8 Å². The first-order chi connectivity index (χ1) is 29.5. The molecule has 0 amide bonds. The molecule has 3 aliphatic rings. The highest BCUT2D eigenvalue weighted by Crippen LogP contribution is 2.42. The van der Waals surface area contributed by atoms with Crippen LogP contribution in [0.1, 0.15) is 187 Å². The van der Waals surface area contributed by atoms with E-state index in [1.807, 2.05) is 18.2 Å². The number of nitrogens with zero attached hydrogens (tertiary/aromatic N) is 1. The summed E-state index contributed by atoms with van der Waals surface area (Å²) in [6, 6.07) is 10.3. The lowest BCUT2D eigenvalue weighted by atomic mass is 9.68. The summed E-state index contributed by atoms with van der Waals surface area (Å²) in [5.74, 6) is 1.27. The predicted molar refractivity (Wildman–Crippen MR) is 247 cm³/mol. The third-order valence-corrected chi connectivity index (χ3v) is 13.8. The van der Waals surface area contributed by atoms with Gasteiger partial charge in [0.05, 0.1) is 17.8 Å². The van der Waals surface area contributed by atoms with Crippen molar-refractivity contribution in [3.05, 3.63) is 54.6 Å². The van der Waals surface area contributed by atoms with Gasteiger partial charge in [0.25, 0.3) is 0 Å². The van der Waals surface area contributed by atoms with Crippen molar-refractivity contribution in [3.8, 4) is 0 Å². The topological polar surface area (TPSA) is 82.1 Å². The van der Waals surface area contributed by atoms with Crippen molar-refractivity contribution >= 4 is 23.6 Å². The molecular weight excluding hydrogens is 747 g/mol. The van der Waals surface area contributed by atoms with E-state index >= 15 is 0 Å². The van der Waals surface area contributed by atoms with Crippen LogP contribution in [0.4, 0.5) is 5.69 Å². The zero-order valence-corrected chi connectivity index (χ0v) is 38.2. The van der Waals surface area contributed by atoms with Crippen molar-refractivity contribution in [2.24, 2.45) is 35.5 Å². The molecule has 60 heavy (non-hydrogen) atoms. The lowest BCUT2D eigenvalue weighted by Crippen LogP contribution is -2.37. The van der Waals surface area contributed by atoms with Crippen LogP contribution in [0.25, 0.3) is 0 Å². The molecule has 0 spiro atoms. The summed E-state index contributed by atoms with van der Waals surface area (Å²) in [4.78, 5) is 41.7. The molecule has 1 saturated heterocycles. The van der Waals surface area contributed by atoms with E-state index in [2.05, 4.69) is 55.2 Å². The van der Waals surface area contributed by atoms with Gasteiger partial charge in [0.2, 0.25) is 0 Å². The van der Waals surface area contributed by atoms with Crippen molar-refractivity contribution in [2.45, 2.75) is 187 Å². The Morgan fingerprint density at radius 3 is 1.72 bits per heavy atom. The Labute approximate surface area is 366 Å². The Balaban J connectivity index is 1.13. The highest BCUT2D eigenvalue weighted by atomic mass is 16.6. The molecule has 7 nitrogen and oxygen atoms in total. The number of hydrogen-bond acceptors (Lipinski definition) is 7. The summed E-state index contributed by atoms with van der Waals surface area (Å²) in [6.45, 7) is 6.40. The van der Waals surface area contributed by atoms with Gasteiger partial charge in [0.15, 0.2) is 0 Å². The number of piperidine rings is 1. The van der Waals surface area contributed by atoms with Gasteiger partial charge in [-0.25, -0.2) is 0 Å². The number of unbranched alkanes of at least 4 members (excludes halogenated alkanes) is 11. The molecule has 1 atom stereocenters. The molecule has 4 rings (SSSR count). The Bertz CT molecular complexity index is 1340. The smallest absolute Gasteiger partial charge is 0.309 e. The Morgan fingerprint density at radius 1 is 0.583 bits per heavy atom. The van der Waals surface area contributed by atoms with Crippen LogP contribution >= 0.6 is 0 Å². The van der Waals surface area contributed by atoms with E-state index in [4.69, 9.17) is 14.2 Å². The molecule has 3 fully saturated rings. The molecule has 0 bridgehead atoms. The van der Waals surface area contributed by atoms with Crippen molar-refractivity contribution in [3.63, 3.8) is 0 Å². The first kappa shape index (κ1) is 49.6. The predicted octanol–water partition coefficient (Wildman–Crippen LogP) is 13.5. The fourth-order valence-electron chi connectivity index (χ4n) is 9.79. The Kier molecular flexibility index (Phi) is 25.5. The Hall–Kier alpha value is -3.09. The lowest BCUT2D eigenvalue weighted by molar-refractivity contribution is -0.158. The highest BCUT2D eigenvalue weighted by Gasteiger charge is 2.34. The number of allylic oxidation sites excluding steroid dienone is 4. The number of rotatable bonds is 29. The highest BCUT2D eigenvalue weighted by molar-refractivity contribution is 5.73. The third-order valence-electron chi connectivity index (χ3n) is 13.8. The SMILES string of the molecule is CCCCC/C=C\C/C=C\CCCCCCCCC(=O)OCC(COC(=O)C1CCC(C2CCC(CCCCC)CC2)CC1)COC(=O)C1CCN(c2ccccc2)CC1. The molecule has 338 valence electrons. The number of hydrogen-bond donors (Lipinski definition) is 0. The van der Waals surface area contributed by atoms with Crippen LogP contribution in [0.3, 0.4) is 0 Å². The monoisotopic (exact) mass is 832 g/mol. The fourth-order valence-corrected chi connectivity index (χ4v) is 9.79. The van der Waals surface area contributed by atoms with Gasteiger partial charge in [0.1, 0.15) is 19.8 Å². The minimum atomic E-state index is -0.383. The first-order valence-electron chi connectivity index (χ1n) is 25.1. The lowest BCUT2D eigenvalue weighted by Gasteiger charge is -2.37. The zero-order chi connectivity index (χ0) is 42.5. The van der Waals surface area contributed by atoms with Crippen LogP contribution in [0.2, 0.25) is 0 Å². The summed E-state index contributed by atoms with van der Waals surface area (Å²) in [6.07, 6.45) is 39.8. The normalized spacial score (nSPS) is 21.9. The van der Waals surface area contributed by atoms with Crippen LogP contribution in [0, 0.1) is 35.5 Å². The summed E-state index contributed by atoms with van der Waals surface area (Å²) < 4.78 is 17.5. The molecule has 0 aromatic heterocycles. The summed E-state index contributed by atoms with van der Waals surface area (Å²) in [5.41, 5.74) is 1.18. The van der Waals surface area contributed by atoms with E-state index in [1.54, 1.807) is 0 Å². The molecule has 1 heterocycles. The van der Waals surface area contributed by atoms with Crippen molar-refractivity contribution in [1.29, 1.82) is 0 Å². The van der Waals surface area contributed by atoms with E-state index < -0.39 is 0 Å². The van der Waals surface area contributed by atoms with Crippen molar-refractivity contribution < 1.29 is 28.6 Å². The molecule has 1 unspecified atom stereocenters. The molecule has 2 saturated carbocycles. The largest absolute Gasteiger partial charge is 0.465 e. The van der Waals surface area contributed by atoms with Gasteiger partial charge < -0.3 is 19.1 Å². The summed E-state index contributed by atoms with van der Waals surface area (Å²) in [5, 5.41) is 0. The van der Waals surface area contributed by atoms with Crippen LogP contribution < -0.4 is 4.90 Å². The van der Waals surface area contributed by atoms with Gasteiger partial charge in [0, 0.05) is 25.2 Å². The molecule has 1 aliphatic heterocycles. The first-order valence-corrected chi connectivity index (χ1v) is 25.1. The standard InChI is InChI=1S/C53H85NO6/c1-3-5-7-8-9-10-11-12-13-14-15-16-17-18-19-24-28-51(55)58-41-45(43-60-53(57)49-37-39-54(40-38-49)50-26-22-20-23-27-50)42-59-52(56)48-35-33-47(34-36-48)46-31-29-44(30-32-46)25-21-6-4-2/h9-10,12-13,20,22-23,26-27,44-49H,3-8,11,14-19,21,24-25,28-43H2,1-2H3/b10-9-,13-12-. The van der Waals surface area contributed by atoms with Gasteiger partial charge in [-0.1, -0.05) is 133 Å². The van der Waals surface area contributed by atoms with Gasteiger partial charge in [-0.3, -0.25) is 14.4 Å². The van der Waals surface area contributed by atoms with E-state index in [1.165, 1.54) is 102 Å². The minimum Gasteiger partial charge on any atom is -0.465 e. The maximum Gasteiger partial charge on any atom is 0.309 e. The van der Waals surface area contributed by atoms with E-state index in [-0.39, 0.29) is 55.5 Å². The Morgan fingerprint density at radius 2 is 1.10 bits per heavy atom. The van der Waals surface area contributed by atoms with Crippen molar-refractivity contribution in [2.75, 3.05) is 37.8 Å². The van der Waals surface area contributed by atoms with Crippen LogP contribution in [-0.2, 0) is 28.6 Å². The molecule has 1 aromatic rings.